The van der Waals surface area contributed by atoms with Gasteiger partial charge in [-0.1, -0.05) is 5.16 Å². The largest absolute Gasteiger partial charge is 0.341 e. The van der Waals surface area contributed by atoms with Crippen LogP contribution in [-0.2, 0) is 16.0 Å². The molecule has 2 amide bonds. The Morgan fingerprint density at radius 1 is 1.26 bits per heavy atom. The van der Waals surface area contributed by atoms with Crippen molar-refractivity contribution in [3.05, 3.63) is 30.4 Å². The highest BCUT2D eigenvalue weighted by Crippen LogP contribution is 2.28. The third-order valence-corrected chi connectivity index (χ3v) is 5.51. The lowest BCUT2D eigenvalue weighted by Crippen LogP contribution is -2.45. The quantitative estimate of drug-likeness (QED) is 0.794. The molecule has 0 radical (unpaired) electrons. The molecule has 142 valence electrons. The van der Waals surface area contributed by atoms with E-state index in [1.54, 1.807) is 12.4 Å². The molecule has 3 saturated heterocycles. The predicted octanol–water partition coefficient (Wildman–Crippen LogP) is 1.53. The van der Waals surface area contributed by atoms with Crippen LogP contribution in [0.15, 0.2) is 29.0 Å². The van der Waals surface area contributed by atoms with Gasteiger partial charge in [0.2, 0.25) is 23.5 Å². The highest BCUT2D eigenvalue weighted by Gasteiger charge is 2.39. The van der Waals surface area contributed by atoms with Crippen molar-refractivity contribution in [1.29, 1.82) is 0 Å². The number of hydrogen-bond donors (Lipinski definition) is 0. The maximum Gasteiger partial charge on any atom is 0.227 e. The Morgan fingerprint density at radius 2 is 2.07 bits per heavy atom. The van der Waals surface area contributed by atoms with Crippen LogP contribution in [0.5, 0.6) is 0 Å². The standard InChI is InChI=1S/C19H23N5O3/c1-23-15-6-5-14(19(23)26)11-24(12-15)17(25)4-2-3-16-21-18(22-27-16)13-7-9-20-10-8-13/h7-10,14-15H,2-6,11-12H2,1H3/t14-,15+/m0/s1. The zero-order chi connectivity index (χ0) is 18.8. The van der Waals surface area contributed by atoms with Gasteiger partial charge in [0.05, 0.1) is 5.92 Å². The topological polar surface area (TPSA) is 92.4 Å². The van der Waals surface area contributed by atoms with Gasteiger partial charge in [-0.2, -0.15) is 4.98 Å². The molecule has 8 nitrogen and oxygen atoms in total. The number of nitrogens with zero attached hydrogens (tertiary/aromatic N) is 5. The maximum atomic E-state index is 12.6. The first-order chi connectivity index (χ1) is 13.1. The minimum Gasteiger partial charge on any atom is -0.341 e. The first-order valence-corrected chi connectivity index (χ1v) is 9.39. The minimum atomic E-state index is -0.0449. The number of aryl methyl sites for hydroxylation is 1. The highest BCUT2D eigenvalue weighted by atomic mass is 16.5. The van der Waals surface area contributed by atoms with Crippen LogP contribution in [0.4, 0.5) is 0 Å². The van der Waals surface area contributed by atoms with Crippen molar-refractivity contribution in [2.75, 3.05) is 20.1 Å². The first kappa shape index (κ1) is 17.6. The third-order valence-electron chi connectivity index (χ3n) is 5.51. The van der Waals surface area contributed by atoms with Gasteiger partial charge in [-0.25, -0.2) is 0 Å². The molecule has 0 unspecified atom stereocenters. The van der Waals surface area contributed by atoms with Crippen LogP contribution in [0.2, 0.25) is 0 Å². The van der Waals surface area contributed by atoms with Crippen LogP contribution < -0.4 is 0 Å². The molecule has 8 heteroatoms. The van der Waals surface area contributed by atoms with E-state index in [4.69, 9.17) is 4.52 Å². The molecule has 5 rings (SSSR count). The maximum absolute atomic E-state index is 12.6. The van der Waals surface area contributed by atoms with Gasteiger partial charge in [0.25, 0.3) is 0 Å². The van der Waals surface area contributed by atoms with E-state index in [0.717, 1.165) is 18.4 Å². The lowest BCUT2D eigenvalue weighted by molar-refractivity contribution is -0.138. The zero-order valence-electron chi connectivity index (χ0n) is 15.4. The van der Waals surface area contributed by atoms with Gasteiger partial charge in [0.1, 0.15) is 0 Å². The van der Waals surface area contributed by atoms with Crippen LogP contribution in [0, 0.1) is 5.92 Å². The van der Waals surface area contributed by atoms with Gasteiger partial charge < -0.3 is 14.3 Å². The molecule has 5 heterocycles. The van der Waals surface area contributed by atoms with E-state index < -0.39 is 0 Å². The van der Waals surface area contributed by atoms with Crippen molar-refractivity contribution < 1.29 is 14.1 Å². The van der Waals surface area contributed by atoms with Gasteiger partial charge in [-0.15, -0.1) is 0 Å². The van der Waals surface area contributed by atoms with Crippen LogP contribution in [0.1, 0.15) is 31.6 Å². The molecule has 0 aliphatic carbocycles. The van der Waals surface area contributed by atoms with E-state index in [1.807, 2.05) is 29.0 Å². The minimum absolute atomic E-state index is 0.0449. The van der Waals surface area contributed by atoms with E-state index in [-0.39, 0.29) is 23.8 Å². The summed E-state index contributed by atoms with van der Waals surface area (Å²) in [5.74, 6) is 1.29. The van der Waals surface area contributed by atoms with E-state index in [9.17, 15) is 9.59 Å². The SMILES string of the molecule is CN1C(=O)[C@H]2CC[C@@H]1CN(C(=O)CCCc1nc(-c3ccncc3)no1)C2. The van der Waals surface area contributed by atoms with Gasteiger partial charge in [-0.05, 0) is 31.4 Å². The summed E-state index contributed by atoms with van der Waals surface area (Å²) in [5.41, 5.74) is 0.852. The molecular weight excluding hydrogens is 346 g/mol. The normalized spacial score (nSPS) is 22.2. The molecule has 3 aliphatic heterocycles. The summed E-state index contributed by atoms with van der Waals surface area (Å²) < 4.78 is 5.28. The average Bonchev–Trinajstić information content (AvgIpc) is 2.99. The molecule has 0 N–H and O–H groups in total. The monoisotopic (exact) mass is 369 g/mol. The Balaban J connectivity index is 1.30. The highest BCUT2D eigenvalue weighted by molar-refractivity contribution is 5.83. The van der Waals surface area contributed by atoms with Crippen LogP contribution in [-0.4, -0.2) is 62.9 Å². The number of piperidine rings is 1. The summed E-state index contributed by atoms with van der Waals surface area (Å²) in [6.07, 6.45) is 6.86. The number of amides is 2. The number of aromatic nitrogens is 3. The summed E-state index contributed by atoms with van der Waals surface area (Å²) >= 11 is 0. The first-order valence-electron chi connectivity index (χ1n) is 9.39. The molecule has 3 aliphatic rings. The summed E-state index contributed by atoms with van der Waals surface area (Å²) in [5, 5.41) is 3.98. The van der Waals surface area contributed by atoms with Crippen molar-refractivity contribution >= 4 is 11.8 Å². The number of likely N-dealkylation sites (N-methyl/N-ethyl adjacent to an activating group) is 1. The summed E-state index contributed by atoms with van der Waals surface area (Å²) in [7, 11) is 1.85. The van der Waals surface area contributed by atoms with Crippen molar-refractivity contribution in [1.82, 2.24) is 24.9 Å². The predicted molar refractivity (Wildman–Crippen MR) is 96.3 cm³/mol. The lowest BCUT2D eigenvalue weighted by Gasteiger charge is -2.32. The Labute approximate surface area is 157 Å². The molecule has 2 bridgehead atoms. The number of rotatable bonds is 5. The number of carbonyl (C=O) groups excluding carboxylic acids is 2. The van der Waals surface area contributed by atoms with E-state index in [0.29, 0.717) is 44.1 Å². The number of carbonyl (C=O) groups is 2. The van der Waals surface area contributed by atoms with Crippen LogP contribution in [0.25, 0.3) is 11.4 Å². The van der Waals surface area contributed by atoms with Crippen molar-refractivity contribution in [3.8, 4) is 11.4 Å². The molecule has 2 aromatic rings. The molecule has 27 heavy (non-hydrogen) atoms. The Hall–Kier alpha value is -2.77. The van der Waals surface area contributed by atoms with Crippen molar-refractivity contribution in [3.63, 3.8) is 0 Å². The average molecular weight is 369 g/mol. The second kappa shape index (κ2) is 7.46. The molecule has 0 spiro atoms. The smallest absolute Gasteiger partial charge is 0.227 e. The van der Waals surface area contributed by atoms with Gasteiger partial charge in [0, 0.05) is 57.0 Å². The molecule has 2 atom stereocenters. The number of hydrogen-bond acceptors (Lipinski definition) is 6. The van der Waals surface area contributed by atoms with Crippen molar-refractivity contribution in [2.24, 2.45) is 5.92 Å². The zero-order valence-corrected chi connectivity index (χ0v) is 15.4. The summed E-state index contributed by atoms with van der Waals surface area (Å²) in [4.78, 5) is 36.9. The number of fused-ring (bicyclic) bond motifs is 4. The van der Waals surface area contributed by atoms with Gasteiger partial charge in [0.15, 0.2) is 0 Å². The van der Waals surface area contributed by atoms with E-state index in [2.05, 4.69) is 15.1 Å². The Bertz CT molecular complexity index is 822. The molecule has 0 aromatic carbocycles. The van der Waals surface area contributed by atoms with Crippen LogP contribution >= 0.6 is 0 Å². The van der Waals surface area contributed by atoms with Crippen molar-refractivity contribution in [2.45, 2.75) is 38.1 Å². The number of pyridine rings is 1. The molecule has 3 fully saturated rings. The van der Waals surface area contributed by atoms with Gasteiger partial charge >= 0.3 is 0 Å². The second-order valence-electron chi connectivity index (χ2n) is 7.28. The lowest BCUT2D eigenvalue weighted by atomic mass is 9.95. The van der Waals surface area contributed by atoms with Crippen LogP contribution in [0.3, 0.4) is 0 Å². The third kappa shape index (κ3) is 3.70. The fourth-order valence-corrected chi connectivity index (χ4v) is 3.88. The fraction of sp³-hybridized carbons (Fsp3) is 0.526. The summed E-state index contributed by atoms with van der Waals surface area (Å²) in [6, 6.07) is 3.80. The molecule has 0 saturated carbocycles. The van der Waals surface area contributed by atoms with Gasteiger partial charge in [-0.3, -0.25) is 14.6 Å². The van der Waals surface area contributed by atoms with E-state index in [1.165, 1.54) is 0 Å². The fourth-order valence-electron chi connectivity index (χ4n) is 3.88. The van der Waals surface area contributed by atoms with E-state index >= 15 is 0 Å². The molecular formula is C19H23N5O3. The Kier molecular flexibility index (Phi) is 4.87. The summed E-state index contributed by atoms with van der Waals surface area (Å²) in [6.45, 7) is 1.19. The Morgan fingerprint density at radius 3 is 2.89 bits per heavy atom. The molecule has 2 aromatic heterocycles. The second-order valence-corrected chi connectivity index (χ2v) is 7.28.